The van der Waals surface area contributed by atoms with Crippen molar-refractivity contribution >= 4 is 17.5 Å². The Kier molecular flexibility index (Phi) is 8.56. The maximum atomic E-state index is 14.4. The molecule has 1 saturated carbocycles. The summed E-state index contributed by atoms with van der Waals surface area (Å²) in [4.78, 5) is 33.2. The molecule has 3 heterocycles. The minimum Gasteiger partial charge on any atom is -0.464 e. The zero-order chi connectivity index (χ0) is 28.9. The highest BCUT2D eigenvalue weighted by Gasteiger charge is 2.37. The van der Waals surface area contributed by atoms with Crippen LogP contribution in [0.25, 0.3) is 11.3 Å². The number of hydrogen-bond acceptors (Lipinski definition) is 4. The molecule has 42 heavy (non-hydrogen) atoms. The molecular weight excluding hydrogens is 526 g/mol. The van der Waals surface area contributed by atoms with Crippen LogP contribution in [0.1, 0.15) is 84.5 Å². The van der Waals surface area contributed by atoms with Crippen LogP contribution in [0.5, 0.6) is 0 Å². The summed E-state index contributed by atoms with van der Waals surface area (Å²) in [7, 11) is 0. The van der Waals surface area contributed by atoms with E-state index in [1.807, 2.05) is 61.5 Å². The van der Waals surface area contributed by atoms with Crippen LogP contribution >= 0.6 is 0 Å². The van der Waals surface area contributed by atoms with E-state index in [0.717, 1.165) is 24.1 Å². The van der Waals surface area contributed by atoms with Crippen molar-refractivity contribution in [1.82, 2.24) is 10.3 Å². The van der Waals surface area contributed by atoms with Gasteiger partial charge in [0.15, 0.2) is 6.04 Å². The van der Waals surface area contributed by atoms with Crippen molar-refractivity contribution in [2.24, 2.45) is 0 Å². The van der Waals surface area contributed by atoms with E-state index >= 15 is 0 Å². The van der Waals surface area contributed by atoms with E-state index in [-0.39, 0.29) is 17.9 Å². The Balaban J connectivity index is 1.37. The summed E-state index contributed by atoms with van der Waals surface area (Å²) in [5.74, 6) is 1.01. The number of nitrogens with zero attached hydrogens (tertiary/aromatic N) is 1. The van der Waals surface area contributed by atoms with Gasteiger partial charge in [-0.25, -0.2) is 0 Å². The lowest BCUT2D eigenvalue weighted by atomic mass is 9.84. The lowest BCUT2D eigenvalue weighted by Crippen LogP contribution is -2.45. The second kappa shape index (κ2) is 12.8. The highest BCUT2D eigenvalue weighted by Crippen LogP contribution is 2.36. The fourth-order valence-corrected chi connectivity index (χ4v) is 6.25. The number of H-pyrrole nitrogens is 1. The van der Waals surface area contributed by atoms with E-state index in [4.69, 9.17) is 9.15 Å². The van der Waals surface area contributed by atoms with Crippen molar-refractivity contribution < 1.29 is 18.7 Å². The largest absolute Gasteiger partial charge is 0.464 e. The van der Waals surface area contributed by atoms with Gasteiger partial charge in [0.2, 0.25) is 0 Å². The van der Waals surface area contributed by atoms with Gasteiger partial charge in [0.1, 0.15) is 17.2 Å². The zero-order valence-corrected chi connectivity index (χ0v) is 24.2. The van der Waals surface area contributed by atoms with Crippen molar-refractivity contribution in [3.63, 3.8) is 0 Å². The Bertz CT molecular complexity index is 1480. The third-order valence-corrected chi connectivity index (χ3v) is 8.53. The molecule has 6 rings (SSSR count). The molecule has 2 atom stereocenters. The predicted octanol–water partition coefficient (Wildman–Crippen LogP) is 7.31. The number of carbonyl (C=O) groups excluding carboxylic acids is 2. The van der Waals surface area contributed by atoms with Crippen molar-refractivity contribution in [3.8, 4) is 11.3 Å². The number of aryl methyl sites for hydroxylation is 1. The smallest absolute Gasteiger partial charge is 0.275 e. The Morgan fingerprint density at radius 1 is 0.905 bits per heavy atom. The summed E-state index contributed by atoms with van der Waals surface area (Å²) >= 11 is 0. The quantitative estimate of drug-likeness (QED) is 0.223. The van der Waals surface area contributed by atoms with Gasteiger partial charge in [0, 0.05) is 24.5 Å². The second-order valence-electron chi connectivity index (χ2n) is 11.5. The van der Waals surface area contributed by atoms with E-state index < -0.39 is 6.04 Å². The summed E-state index contributed by atoms with van der Waals surface area (Å²) in [5.41, 5.74) is 4.13. The number of hydrogen-bond donors (Lipinski definition) is 2. The number of ether oxygens (including phenoxy) is 1. The number of aromatic amines is 1. The molecule has 2 amide bonds. The monoisotopic (exact) mass is 565 g/mol. The fourth-order valence-electron chi connectivity index (χ4n) is 6.25. The van der Waals surface area contributed by atoms with Crippen LogP contribution in [0.15, 0.2) is 83.3 Å². The van der Waals surface area contributed by atoms with Crippen LogP contribution in [0.2, 0.25) is 0 Å². The van der Waals surface area contributed by atoms with Crippen molar-refractivity contribution in [3.05, 3.63) is 102 Å². The number of amides is 2. The maximum Gasteiger partial charge on any atom is 0.275 e. The van der Waals surface area contributed by atoms with E-state index in [9.17, 15) is 9.59 Å². The van der Waals surface area contributed by atoms with E-state index in [1.165, 1.54) is 37.7 Å². The number of rotatable bonds is 9. The normalized spacial score (nSPS) is 18.1. The molecule has 7 nitrogen and oxygen atoms in total. The number of carbonyl (C=O) groups is 2. The topological polar surface area (TPSA) is 87.6 Å². The molecule has 2 aromatic heterocycles. The molecule has 4 aromatic rings. The van der Waals surface area contributed by atoms with Crippen molar-refractivity contribution in [1.29, 1.82) is 0 Å². The molecule has 218 valence electrons. The Labute approximate surface area is 247 Å². The minimum absolute atomic E-state index is 0.0243. The van der Waals surface area contributed by atoms with Gasteiger partial charge in [-0.05, 0) is 86.1 Å². The summed E-state index contributed by atoms with van der Waals surface area (Å²) in [6.45, 7) is 2.93. The van der Waals surface area contributed by atoms with Gasteiger partial charge in [-0.2, -0.15) is 0 Å². The first-order chi connectivity index (χ1) is 20.6. The Morgan fingerprint density at radius 3 is 2.38 bits per heavy atom. The molecule has 1 aliphatic carbocycles. The van der Waals surface area contributed by atoms with Crippen molar-refractivity contribution in [2.45, 2.75) is 69.9 Å². The van der Waals surface area contributed by atoms with Crippen LogP contribution < -0.4 is 10.2 Å². The van der Waals surface area contributed by atoms with Gasteiger partial charge >= 0.3 is 0 Å². The first kappa shape index (κ1) is 28.0. The highest BCUT2D eigenvalue weighted by molar-refractivity contribution is 6.09. The van der Waals surface area contributed by atoms with Crippen LogP contribution in [0.4, 0.5) is 5.69 Å². The number of aromatic nitrogens is 1. The molecule has 2 aliphatic rings. The summed E-state index contributed by atoms with van der Waals surface area (Å²) in [6, 6.07) is 24.3. The van der Waals surface area contributed by atoms with Gasteiger partial charge in [-0.3, -0.25) is 14.5 Å². The average molecular weight is 566 g/mol. The van der Waals surface area contributed by atoms with E-state index in [2.05, 4.69) is 22.4 Å². The average Bonchev–Trinajstić information content (AvgIpc) is 3.82. The molecule has 0 radical (unpaired) electrons. The summed E-state index contributed by atoms with van der Waals surface area (Å²) in [5, 5.41) is 3.06. The number of furan rings is 1. The van der Waals surface area contributed by atoms with Gasteiger partial charge in [-0.1, -0.05) is 61.7 Å². The SMILES string of the molecule is Cc1ccc([C@@H](C(=O)NC[C@@H]2CCCO2)N(C(=O)c2ccc(-c3ccccc3)[nH]2)c2ccc(C3CCCCC3)cc2)o1. The zero-order valence-electron chi connectivity index (χ0n) is 24.2. The van der Waals surface area contributed by atoms with Gasteiger partial charge in [-0.15, -0.1) is 0 Å². The summed E-state index contributed by atoms with van der Waals surface area (Å²) in [6.07, 6.45) is 8.03. The van der Waals surface area contributed by atoms with Crippen LogP contribution in [-0.4, -0.2) is 36.1 Å². The molecular formula is C35H39N3O4. The first-order valence-electron chi connectivity index (χ1n) is 15.2. The Hall–Kier alpha value is -4.10. The lowest BCUT2D eigenvalue weighted by molar-refractivity contribution is -0.123. The number of benzene rings is 2. The lowest BCUT2D eigenvalue weighted by Gasteiger charge is -2.30. The first-order valence-corrected chi connectivity index (χ1v) is 15.2. The molecule has 0 bridgehead atoms. The van der Waals surface area contributed by atoms with Crippen LogP contribution in [0.3, 0.4) is 0 Å². The molecule has 2 fully saturated rings. The third kappa shape index (κ3) is 6.21. The molecule has 0 spiro atoms. The fraction of sp³-hybridized carbons (Fsp3) is 0.371. The molecule has 1 saturated heterocycles. The predicted molar refractivity (Wildman–Crippen MR) is 163 cm³/mol. The number of anilines is 1. The minimum atomic E-state index is -1.00. The second-order valence-corrected chi connectivity index (χ2v) is 11.5. The Morgan fingerprint density at radius 2 is 1.69 bits per heavy atom. The van der Waals surface area contributed by atoms with Crippen LogP contribution in [-0.2, 0) is 9.53 Å². The molecule has 0 unspecified atom stereocenters. The van der Waals surface area contributed by atoms with Gasteiger partial charge in [0.05, 0.1) is 6.10 Å². The highest BCUT2D eigenvalue weighted by atomic mass is 16.5. The maximum absolute atomic E-state index is 14.4. The standard InChI is InChI=1S/C35H39N3O4/c1-24-14-21-32(42-24)33(34(39)36-23-29-13-8-22-41-29)38(28-17-15-26(16-18-28)25-9-4-2-5-10-25)35(40)31-20-19-30(37-31)27-11-6-3-7-12-27/h3,6-7,11-12,14-21,25,29,33,37H,2,4-5,8-10,13,22-23H2,1H3,(H,36,39)/t29-,33-/m0/s1. The molecule has 1 aliphatic heterocycles. The third-order valence-electron chi connectivity index (χ3n) is 8.53. The van der Waals surface area contributed by atoms with Gasteiger partial charge < -0.3 is 19.5 Å². The summed E-state index contributed by atoms with van der Waals surface area (Å²) < 4.78 is 11.8. The van der Waals surface area contributed by atoms with Crippen LogP contribution in [0, 0.1) is 6.92 Å². The number of nitrogens with one attached hydrogen (secondary N) is 2. The van der Waals surface area contributed by atoms with E-state index in [0.29, 0.717) is 42.0 Å². The van der Waals surface area contributed by atoms with Crippen molar-refractivity contribution in [2.75, 3.05) is 18.1 Å². The van der Waals surface area contributed by atoms with Gasteiger partial charge in [0.25, 0.3) is 11.8 Å². The van der Waals surface area contributed by atoms with E-state index in [1.54, 1.807) is 17.0 Å². The molecule has 7 heteroatoms. The molecule has 2 N–H and O–H groups in total. The molecule has 2 aromatic carbocycles.